The Morgan fingerprint density at radius 1 is 0.759 bits per heavy atom. The van der Waals surface area contributed by atoms with Crippen LogP contribution < -0.4 is 10.6 Å². The largest absolute Gasteiger partial charge is 0.371 e. The van der Waals surface area contributed by atoms with Crippen molar-refractivity contribution in [1.82, 2.24) is 0 Å². The van der Waals surface area contributed by atoms with Gasteiger partial charge in [0.15, 0.2) is 0 Å². The first-order chi connectivity index (χ1) is 14.3. The first-order valence-electron chi connectivity index (χ1n) is 10.2. The highest BCUT2D eigenvalue weighted by atomic mass is 32.2. The summed E-state index contributed by atoms with van der Waals surface area (Å²) in [5, 5.41) is 7.47. The lowest BCUT2D eigenvalue weighted by molar-refractivity contribution is 0.560. The summed E-state index contributed by atoms with van der Waals surface area (Å²) in [6, 6.07) is 27.7. The van der Waals surface area contributed by atoms with E-state index in [0.717, 1.165) is 24.4 Å². The number of aliphatic imine (C=N–C) groups is 1. The zero-order valence-electron chi connectivity index (χ0n) is 16.4. The molecule has 0 radical (unpaired) electrons. The van der Waals surface area contributed by atoms with Crippen LogP contribution in [0.4, 0.5) is 11.4 Å². The molecule has 29 heavy (non-hydrogen) atoms. The molecule has 2 aliphatic rings. The molecule has 0 amide bonds. The van der Waals surface area contributed by atoms with Crippen LogP contribution in [0.3, 0.4) is 0 Å². The zero-order chi connectivity index (χ0) is 19.5. The number of fused-ring (bicyclic) bond motifs is 1. The van der Waals surface area contributed by atoms with Gasteiger partial charge < -0.3 is 10.6 Å². The van der Waals surface area contributed by atoms with Crippen molar-refractivity contribution < 1.29 is 0 Å². The van der Waals surface area contributed by atoms with Crippen LogP contribution in [-0.4, -0.2) is 22.9 Å². The highest BCUT2D eigenvalue weighted by molar-refractivity contribution is 7.99. The van der Waals surface area contributed by atoms with Gasteiger partial charge in [-0.2, -0.15) is 11.8 Å². The third kappa shape index (κ3) is 3.77. The fourth-order valence-electron chi connectivity index (χ4n) is 4.14. The molecular formula is C25H25N3S. The van der Waals surface area contributed by atoms with Crippen molar-refractivity contribution in [3.63, 3.8) is 0 Å². The van der Waals surface area contributed by atoms with E-state index in [2.05, 4.69) is 89.5 Å². The average molecular weight is 400 g/mol. The van der Waals surface area contributed by atoms with E-state index in [1.54, 1.807) is 0 Å². The summed E-state index contributed by atoms with van der Waals surface area (Å²) in [5.41, 5.74) is 5.97. The molecule has 0 saturated carbocycles. The lowest BCUT2D eigenvalue weighted by Crippen LogP contribution is -2.54. The molecule has 146 valence electrons. The van der Waals surface area contributed by atoms with E-state index in [1.165, 1.54) is 33.9 Å². The maximum Gasteiger partial charge on any atom is 0.127 e. The molecule has 3 aromatic rings. The number of rotatable bonds is 3. The molecule has 0 aromatic heterocycles. The molecule has 3 nitrogen and oxygen atoms in total. The summed E-state index contributed by atoms with van der Waals surface area (Å²) in [7, 11) is 0. The summed E-state index contributed by atoms with van der Waals surface area (Å²) >= 11 is 2.04. The Kier molecular flexibility index (Phi) is 5.03. The highest BCUT2D eigenvalue weighted by Crippen LogP contribution is 2.38. The molecule has 1 fully saturated rings. The number of para-hydroxylation sites is 2. The van der Waals surface area contributed by atoms with Crippen molar-refractivity contribution in [3.8, 4) is 11.1 Å². The number of nitrogens with one attached hydrogen (secondary N) is 2. The minimum absolute atomic E-state index is 0.0659. The topological polar surface area (TPSA) is 36.4 Å². The Morgan fingerprint density at radius 2 is 1.41 bits per heavy atom. The molecule has 0 aliphatic carbocycles. The van der Waals surface area contributed by atoms with E-state index < -0.39 is 0 Å². The van der Waals surface area contributed by atoms with Gasteiger partial charge in [0, 0.05) is 0 Å². The van der Waals surface area contributed by atoms with Crippen LogP contribution >= 0.6 is 11.8 Å². The van der Waals surface area contributed by atoms with Crippen LogP contribution in [0.25, 0.3) is 11.1 Å². The standard InChI is InChI=1S/C25H25N3S/c1-2-6-20(7-3-1)21-12-10-19(11-13-21)18-26-24-25(14-16-29-17-15-25)28-23-9-5-4-8-22(23)27-24/h1-13,28H,14-18H2,(H,26,27). The van der Waals surface area contributed by atoms with Gasteiger partial charge in [-0.1, -0.05) is 66.7 Å². The Balaban J connectivity index is 1.40. The number of hydrogen-bond acceptors (Lipinski definition) is 3. The highest BCUT2D eigenvalue weighted by Gasteiger charge is 2.40. The van der Waals surface area contributed by atoms with Crippen molar-refractivity contribution in [3.05, 3.63) is 84.4 Å². The number of benzene rings is 3. The van der Waals surface area contributed by atoms with Crippen molar-refractivity contribution in [2.75, 3.05) is 22.1 Å². The average Bonchev–Trinajstić information content (AvgIpc) is 2.79. The predicted molar refractivity (Wildman–Crippen MR) is 126 cm³/mol. The zero-order valence-corrected chi connectivity index (χ0v) is 17.2. The maximum atomic E-state index is 5.07. The Hall–Kier alpha value is -2.72. The molecule has 2 heterocycles. The van der Waals surface area contributed by atoms with Gasteiger partial charge in [0.25, 0.3) is 0 Å². The van der Waals surface area contributed by atoms with E-state index >= 15 is 0 Å². The van der Waals surface area contributed by atoms with Crippen molar-refractivity contribution >= 4 is 29.0 Å². The summed E-state index contributed by atoms with van der Waals surface area (Å²) in [6.45, 7) is 0.691. The molecule has 5 rings (SSSR count). The molecule has 4 heteroatoms. The quantitative estimate of drug-likeness (QED) is 0.562. The molecule has 3 aromatic carbocycles. The SMILES string of the molecule is c1ccc(-c2ccc(CN=C3Nc4ccccc4NC34CCSCC4)cc2)cc1. The molecule has 2 aliphatic heterocycles. The van der Waals surface area contributed by atoms with E-state index in [9.17, 15) is 0 Å². The van der Waals surface area contributed by atoms with Gasteiger partial charge in [-0.05, 0) is 53.2 Å². The predicted octanol–water partition coefficient (Wildman–Crippen LogP) is 6.06. The molecule has 0 bridgehead atoms. The molecule has 1 spiro atoms. The van der Waals surface area contributed by atoms with Crippen LogP contribution in [-0.2, 0) is 6.54 Å². The fourth-order valence-corrected chi connectivity index (χ4v) is 5.33. The molecule has 0 unspecified atom stereocenters. The van der Waals surface area contributed by atoms with Crippen molar-refractivity contribution in [2.45, 2.75) is 24.9 Å². The van der Waals surface area contributed by atoms with E-state index in [4.69, 9.17) is 4.99 Å². The molecule has 1 saturated heterocycles. The lowest BCUT2D eigenvalue weighted by atomic mass is 9.87. The number of amidine groups is 1. The van der Waals surface area contributed by atoms with Crippen LogP contribution in [0.15, 0.2) is 83.9 Å². The van der Waals surface area contributed by atoms with Crippen molar-refractivity contribution in [2.24, 2.45) is 4.99 Å². The first-order valence-corrected chi connectivity index (χ1v) is 11.4. The third-order valence-corrected chi connectivity index (χ3v) is 6.82. The smallest absolute Gasteiger partial charge is 0.127 e. The van der Waals surface area contributed by atoms with Gasteiger partial charge in [-0.15, -0.1) is 0 Å². The van der Waals surface area contributed by atoms with Crippen molar-refractivity contribution in [1.29, 1.82) is 0 Å². The van der Waals surface area contributed by atoms with Crippen LogP contribution in [0, 0.1) is 0 Å². The van der Waals surface area contributed by atoms with Crippen LogP contribution in [0.2, 0.25) is 0 Å². The first kappa shape index (κ1) is 18.3. The van der Waals surface area contributed by atoms with Gasteiger partial charge in [-0.3, -0.25) is 4.99 Å². The van der Waals surface area contributed by atoms with Gasteiger partial charge in [-0.25, -0.2) is 0 Å². The van der Waals surface area contributed by atoms with E-state index in [1.807, 2.05) is 11.8 Å². The molecule has 0 atom stereocenters. The van der Waals surface area contributed by atoms with E-state index in [0.29, 0.717) is 6.54 Å². The van der Waals surface area contributed by atoms with Crippen LogP contribution in [0.5, 0.6) is 0 Å². The number of nitrogens with zero attached hydrogens (tertiary/aromatic N) is 1. The van der Waals surface area contributed by atoms with Gasteiger partial charge in [0.05, 0.1) is 23.5 Å². The van der Waals surface area contributed by atoms with Crippen LogP contribution in [0.1, 0.15) is 18.4 Å². The molecular weight excluding hydrogens is 374 g/mol. The minimum atomic E-state index is -0.0659. The normalized spacial score (nSPS) is 18.7. The van der Waals surface area contributed by atoms with Gasteiger partial charge >= 0.3 is 0 Å². The second-order valence-electron chi connectivity index (χ2n) is 7.72. The fraction of sp³-hybridized carbons (Fsp3) is 0.240. The van der Waals surface area contributed by atoms with Gasteiger partial charge in [0.2, 0.25) is 0 Å². The summed E-state index contributed by atoms with van der Waals surface area (Å²) in [6.07, 6.45) is 2.20. The maximum absolute atomic E-state index is 5.07. The summed E-state index contributed by atoms with van der Waals surface area (Å²) in [4.78, 5) is 5.07. The number of thioether (sulfide) groups is 1. The lowest BCUT2D eigenvalue weighted by Gasteiger charge is -2.43. The summed E-state index contributed by atoms with van der Waals surface area (Å²) < 4.78 is 0. The Bertz CT molecular complexity index is 1010. The Morgan fingerprint density at radius 3 is 2.17 bits per heavy atom. The van der Waals surface area contributed by atoms with E-state index in [-0.39, 0.29) is 5.54 Å². The molecule has 2 N–H and O–H groups in total. The number of hydrogen-bond donors (Lipinski definition) is 2. The number of anilines is 2. The summed E-state index contributed by atoms with van der Waals surface area (Å²) in [5.74, 6) is 3.42. The third-order valence-electron chi connectivity index (χ3n) is 5.83. The second kappa shape index (κ2) is 7.96. The van der Waals surface area contributed by atoms with Gasteiger partial charge in [0.1, 0.15) is 5.84 Å². The monoisotopic (exact) mass is 399 g/mol. The minimum Gasteiger partial charge on any atom is -0.371 e. The second-order valence-corrected chi connectivity index (χ2v) is 8.94. The Labute approximate surface area is 176 Å².